The fraction of sp³-hybridized carbons (Fsp3) is 0.235. The van der Waals surface area contributed by atoms with Gasteiger partial charge in [-0.3, -0.25) is 9.59 Å². The number of nitrogens with one attached hydrogen (secondary N) is 1. The maximum absolute atomic E-state index is 12.0. The smallest absolute Gasteiger partial charge is 0.338 e. The quantitative estimate of drug-likeness (QED) is 0.600. The predicted octanol–water partition coefficient (Wildman–Crippen LogP) is 1.69. The second-order valence-corrected chi connectivity index (χ2v) is 4.89. The van der Waals surface area contributed by atoms with E-state index >= 15 is 0 Å². The molecule has 25 heavy (non-hydrogen) atoms. The van der Waals surface area contributed by atoms with Crippen LogP contribution in [0.15, 0.2) is 41.0 Å². The summed E-state index contributed by atoms with van der Waals surface area (Å²) in [6.45, 7) is 1.02. The van der Waals surface area contributed by atoms with Crippen LogP contribution in [0.25, 0.3) is 0 Å². The van der Waals surface area contributed by atoms with Crippen molar-refractivity contribution in [1.29, 1.82) is 0 Å². The number of methoxy groups -OCH3 is 1. The number of hydrogen-bond acceptors (Lipinski definition) is 7. The maximum Gasteiger partial charge on any atom is 0.338 e. The molecule has 1 amide bonds. The van der Waals surface area contributed by atoms with Gasteiger partial charge in [0.1, 0.15) is 5.76 Å². The van der Waals surface area contributed by atoms with Crippen LogP contribution in [0.3, 0.4) is 0 Å². The van der Waals surface area contributed by atoms with Gasteiger partial charge in [-0.15, -0.1) is 0 Å². The van der Waals surface area contributed by atoms with Crippen molar-refractivity contribution in [2.45, 2.75) is 13.5 Å². The highest BCUT2D eigenvalue weighted by molar-refractivity contribution is 5.92. The Morgan fingerprint density at radius 1 is 1.16 bits per heavy atom. The summed E-state index contributed by atoms with van der Waals surface area (Å²) in [5, 5.41) is 2.55. The molecule has 0 saturated carbocycles. The Kier molecular flexibility index (Phi) is 6.16. The first-order chi connectivity index (χ1) is 12.0. The van der Waals surface area contributed by atoms with E-state index in [1.54, 1.807) is 12.1 Å². The zero-order chi connectivity index (χ0) is 18.2. The summed E-state index contributed by atoms with van der Waals surface area (Å²) in [7, 11) is 1.37. The molecule has 0 fully saturated rings. The summed E-state index contributed by atoms with van der Waals surface area (Å²) in [4.78, 5) is 34.7. The molecule has 2 aromatic rings. The third-order valence-electron chi connectivity index (χ3n) is 3.03. The predicted molar refractivity (Wildman–Crippen MR) is 85.1 cm³/mol. The van der Waals surface area contributed by atoms with Crippen molar-refractivity contribution in [3.8, 4) is 11.5 Å². The summed E-state index contributed by atoms with van der Waals surface area (Å²) in [5.41, 5.74) is 0.159. The van der Waals surface area contributed by atoms with Crippen LogP contribution < -0.4 is 14.8 Å². The minimum absolute atomic E-state index is 0.159. The van der Waals surface area contributed by atoms with Crippen LogP contribution in [0.1, 0.15) is 23.0 Å². The van der Waals surface area contributed by atoms with E-state index in [2.05, 4.69) is 5.32 Å². The van der Waals surface area contributed by atoms with Crippen molar-refractivity contribution in [1.82, 2.24) is 5.32 Å². The molecular formula is C17H17NO7. The van der Waals surface area contributed by atoms with Crippen LogP contribution in [0.4, 0.5) is 0 Å². The van der Waals surface area contributed by atoms with Crippen LogP contribution in [0, 0.1) is 0 Å². The normalized spacial score (nSPS) is 10.0. The summed E-state index contributed by atoms with van der Waals surface area (Å²) in [5.74, 6) is -0.712. The largest absolute Gasteiger partial charge is 0.493 e. The molecule has 0 unspecified atom stereocenters. The van der Waals surface area contributed by atoms with Crippen LogP contribution in [0.5, 0.6) is 11.5 Å². The SMILES string of the molecule is COc1cc(C(=O)OCC(=O)NCc2ccco2)ccc1OC(C)=O. The number of benzene rings is 1. The number of esters is 2. The van der Waals surface area contributed by atoms with E-state index in [9.17, 15) is 14.4 Å². The molecule has 1 aromatic carbocycles. The van der Waals surface area contributed by atoms with Crippen LogP contribution in [-0.4, -0.2) is 31.6 Å². The molecule has 8 heteroatoms. The Hall–Kier alpha value is -3.29. The van der Waals surface area contributed by atoms with Crippen molar-refractivity contribution >= 4 is 17.8 Å². The molecule has 0 radical (unpaired) electrons. The molecule has 0 aliphatic carbocycles. The van der Waals surface area contributed by atoms with E-state index < -0.39 is 24.5 Å². The zero-order valence-electron chi connectivity index (χ0n) is 13.7. The molecule has 132 valence electrons. The minimum atomic E-state index is -0.708. The lowest BCUT2D eigenvalue weighted by atomic mass is 10.2. The average Bonchev–Trinajstić information content (AvgIpc) is 3.11. The van der Waals surface area contributed by atoms with Gasteiger partial charge in [0, 0.05) is 6.92 Å². The summed E-state index contributed by atoms with van der Waals surface area (Å²) in [6, 6.07) is 7.59. The van der Waals surface area contributed by atoms with E-state index in [0.717, 1.165) is 0 Å². The van der Waals surface area contributed by atoms with Gasteiger partial charge >= 0.3 is 11.9 Å². The van der Waals surface area contributed by atoms with Gasteiger partial charge in [-0.25, -0.2) is 4.79 Å². The lowest BCUT2D eigenvalue weighted by molar-refractivity contribution is -0.132. The molecule has 0 aliphatic rings. The molecule has 0 aliphatic heterocycles. The van der Waals surface area contributed by atoms with E-state index in [1.165, 1.54) is 38.5 Å². The standard InChI is InChI=1S/C17H17NO7/c1-11(19)25-14-6-5-12(8-15(14)22-2)17(21)24-10-16(20)18-9-13-4-3-7-23-13/h3-8H,9-10H2,1-2H3,(H,18,20). The molecular weight excluding hydrogens is 330 g/mol. The Labute approximate surface area is 143 Å². The zero-order valence-corrected chi connectivity index (χ0v) is 13.7. The summed E-state index contributed by atoms with van der Waals surface area (Å²) in [6.07, 6.45) is 1.49. The van der Waals surface area contributed by atoms with Gasteiger partial charge in [-0.1, -0.05) is 0 Å². The third-order valence-corrected chi connectivity index (χ3v) is 3.03. The van der Waals surface area contributed by atoms with Gasteiger partial charge in [0.25, 0.3) is 5.91 Å². The number of carbonyl (C=O) groups excluding carboxylic acids is 3. The van der Waals surface area contributed by atoms with E-state index in [-0.39, 0.29) is 23.6 Å². The van der Waals surface area contributed by atoms with E-state index in [1.807, 2.05) is 0 Å². The lowest BCUT2D eigenvalue weighted by Gasteiger charge is -2.10. The van der Waals surface area contributed by atoms with Gasteiger partial charge in [0.2, 0.25) is 0 Å². The first kappa shape index (κ1) is 18.1. The molecule has 0 spiro atoms. The molecule has 1 heterocycles. The Morgan fingerprint density at radius 2 is 1.96 bits per heavy atom. The van der Waals surface area contributed by atoms with Gasteiger partial charge in [0.05, 0.1) is 25.5 Å². The second-order valence-electron chi connectivity index (χ2n) is 4.89. The number of hydrogen-bond donors (Lipinski definition) is 1. The number of rotatable bonds is 7. The minimum Gasteiger partial charge on any atom is -0.493 e. The summed E-state index contributed by atoms with van der Waals surface area (Å²) < 4.78 is 20.0. The monoisotopic (exact) mass is 347 g/mol. The van der Waals surface area contributed by atoms with E-state index in [0.29, 0.717) is 5.76 Å². The molecule has 0 atom stereocenters. The first-order valence-corrected chi connectivity index (χ1v) is 7.32. The third kappa shape index (κ3) is 5.38. The molecule has 1 N–H and O–H groups in total. The number of ether oxygens (including phenoxy) is 3. The fourth-order valence-electron chi connectivity index (χ4n) is 1.90. The molecule has 8 nitrogen and oxygen atoms in total. The van der Waals surface area contributed by atoms with Gasteiger partial charge < -0.3 is 23.9 Å². The van der Waals surface area contributed by atoms with Gasteiger partial charge in [0.15, 0.2) is 18.1 Å². The Bertz CT molecular complexity index is 752. The highest BCUT2D eigenvalue weighted by Crippen LogP contribution is 2.28. The van der Waals surface area contributed by atoms with Crippen molar-refractivity contribution in [3.05, 3.63) is 47.9 Å². The number of furan rings is 1. The molecule has 0 saturated heterocycles. The van der Waals surface area contributed by atoms with Crippen molar-refractivity contribution in [2.24, 2.45) is 0 Å². The van der Waals surface area contributed by atoms with E-state index in [4.69, 9.17) is 18.6 Å². The second kappa shape index (κ2) is 8.53. The van der Waals surface area contributed by atoms with Crippen molar-refractivity contribution < 1.29 is 33.0 Å². The van der Waals surface area contributed by atoms with Crippen molar-refractivity contribution in [2.75, 3.05) is 13.7 Å². The number of amides is 1. The maximum atomic E-state index is 12.0. The highest BCUT2D eigenvalue weighted by atomic mass is 16.6. The molecule has 2 rings (SSSR count). The molecule has 0 bridgehead atoms. The van der Waals surface area contributed by atoms with Gasteiger partial charge in [-0.05, 0) is 30.3 Å². The highest BCUT2D eigenvalue weighted by Gasteiger charge is 2.15. The topological polar surface area (TPSA) is 104 Å². The lowest BCUT2D eigenvalue weighted by Crippen LogP contribution is -2.28. The van der Waals surface area contributed by atoms with Crippen molar-refractivity contribution in [3.63, 3.8) is 0 Å². The Balaban J connectivity index is 1.89. The average molecular weight is 347 g/mol. The fourth-order valence-corrected chi connectivity index (χ4v) is 1.90. The molecule has 1 aromatic heterocycles. The van der Waals surface area contributed by atoms with Gasteiger partial charge in [-0.2, -0.15) is 0 Å². The summed E-state index contributed by atoms with van der Waals surface area (Å²) >= 11 is 0. The first-order valence-electron chi connectivity index (χ1n) is 7.32. The number of carbonyl (C=O) groups is 3. The van der Waals surface area contributed by atoms with Crippen LogP contribution in [-0.2, 0) is 20.9 Å². The van der Waals surface area contributed by atoms with Crippen LogP contribution in [0.2, 0.25) is 0 Å². The Morgan fingerprint density at radius 3 is 2.60 bits per heavy atom. The van der Waals surface area contributed by atoms with Crippen LogP contribution >= 0.6 is 0 Å².